The molecule has 9 rings (SSSR count). The van der Waals surface area contributed by atoms with Crippen LogP contribution in [0.5, 0.6) is 0 Å². The molecule has 30 heteroatoms. The zero-order chi connectivity index (χ0) is 67.2. The van der Waals surface area contributed by atoms with Gasteiger partial charge in [0.2, 0.25) is 0 Å². The number of hydrogen-bond acceptors (Lipinski definition) is 30. The Morgan fingerprint density at radius 2 is 1.00 bits per heavy atom. The predicted molar refractivity (Wildman–Crippen MR) is 305 cm³/mol. The van der Waals surface area contributed by atoms with Crippen LogP contribution in [0.3, 0.4) is 0 Å². The van der Waals surface area contributed by atoms with Gasteiger partial charge in [0.1, 0.15) is 128 Å². The minimum atomic E-state index is -1.94. The Kier molecular flexibility index (Phi) is 22.5. The fraction of sp³-hybridized carbons (Fsp3) is 0.951. The number of ether oxygens (including phenoxy) is 10. The summed E-state index contributed by atoms with van der Waals surface area (Å²) in [6.07, 6.45) is -39.3. The molecule has 19 N–H and O–H groups in total. The van der Waals surface area contributed by atoms with Crippen LogP contribution in [0.1, 0.15) is 113 Å². The molecule has 0 unspecified atom stereocenters. The van der Waals surface area contributed by atoms with E-state index in [1.165, 1.54) is 13.8 Å². The summed E-state index contributed by atoms with van der Waals surface area (Å²) in [5, 5.41) is 205. The largest absolute Gasteiger partial charge is 0.394 e. The number of aliphatic hydroxyl groups excluding tert-OH is 17. The maximum absolute atomic E-state index is 15.5. The molecule has 0 amide bonds. The van der Waals surface area contributed by atoms with Crippen LogP contribution in [0.2, 0.25) is 0 Å². The number of carbonyl (C=O) groups excluding carboxylic acids is 1. The molecule has 5 heterocycles. The van der Waals surface area contributed by atoms with Crippen molar-refractivity contribution in [1.82, 2.24) is 0 Å². The summed E-state index contributed by atoms with van der Waals surface area (Å²) in [6, 6.07) is 0. The molecule has 5 saturated heterocycles. The fourth-order valence-electron chi connectivity index (χ4n) is 17.0. The van der Waals surface area contributed by atoms with E-state index in [0.717, 1.165) is 5.57 Å². The maximum Gasteiger partial charge on any atom is 0.187 e. The lowest BCUT2D eigenvalue weighted by Crippen LogP contribution is -2.66. The van der Waals surface area contributed by atoms with Gasteiger partial charge in [-0.2, -0.15) is 0 Å². The van der Waals surface area contributed by atoms with E-state index in [1.54, 1.807) is 6.92 Å². The van der Waals surface area contributed by atoms with Crippen molar-refractivity contribution in [3.63, 3.8) is 0 Å². The van der Waals surface area contributed by atoms with Crippen molar-refractivity contribution in [2.24, 2.45) is 39.4 Å². The van der Waals surface area contributed by atoms with Crippen molar-refractivity contribution >= 4 is 5.78 Å². The quantitative estimate of drug-likeness (QED) is 0.0476. The van der Waals surface area contributed by atoms with Crippen LogP contribution in [0.15, 0.2) is 11.6 Å². The van der Waals surface area contributed by atoms with Crippen molar-refractivity contribution in [2.75, 3.05) is 33.0 Å². The lowest BCUT2D eigenvalue weighted by Gasteiger charge is -2.65. The van der Waals surface area contributed by atoms with Gasteiger partial charge in [0, 0.05) is 17.3 Å². The normalized spacial score (nSPS) is 51.5. The molecular formula is C61H102O30. The molecule has 35 atom stereocenters. The molecule has 4 aliphatic carbocycles. The topological polar surface area (TPSA) is 494 Å². The summed E-state index contributed by atoms with van der Waals surface area (Å²) < 4.78 is 59.4. The van der Waals surface area contributed by atoms with Gasteiger partial charge in [0.15, 0.2) is 31.5 Å². The van der Waals surface area contributed by atoms with Crippen LogP contribution in [0.4, 0.5) is 0 Å². The van der Waals surface area contributed by atoms with E-state index < -0.39 is 238 Å². The van der Waals surface area contributed by atoms with Gasteiger partial charge < -0.3 is 144 Å². The minimum absolute atomic E-state index is 0.0171. The third kappa shape index (κ3) is 13.2. The third-order valence-electron chi connectivity index (χ3n) is 23.2. The van der Waals surface area contributed by atoms with Crippen molar-refractivity contribution in [2.45, 2.75) is 290 Å². The van der Waals surface area contributed by atoms with E-state index in [4.69, 9.17) is 47.4 Å². The van der Waals surface area contributed by atoms with Crippen LogP contribution in [-0.2, 0) is 52.2 Å². The van der Waals surface area contributed by atoms with Crippen LogP contribution < -0.4 is 0 Å². The van der Waals surface area contributed by atoms with E-state index in [1.807, 2.05) is 20.8 Å². The van der Waals surface area contributed by atoms with Crippen LogP contribution in [-0.4, -0.2) is 313 Å². The summed E-state index contributed by atoms with van der Waals surface area (Å²) in [7, 11) is 0. The van der Waals surface area contributed by atoms with Gasteiger partial charge >= 0.3 is 0 Å². The van der Waals surface area contributed by atoms with Crippen LogP contribution >= 0.6 is 0 Å². The molecule has 3 saturated carbocycles. The second-order valence-electron chi connectivity index (χ2n) is 28.9. The molecule has 5 aliphatic heterocycles. The Labute approximate surface area is 527 Å². The SMILES string of the molecule is CC[C@@]1(C)C2=CC[C@@H]3[C@@](C)(C(=O)C[C@]4(C)[C@@H]([C@@](C)(O)CC[C@@H](O[C@@H]5O[C@H](CO[C@@H]6O[C@H](CO)[C@@H](O)[C@H](O)[C@H]6O)[C@@H](O)[C@H](O)[C@H]5O)C(C)(C)O)CC[C@@]34C)[C@@H]2CC[C@@H]1O[C@@H]1O[C@H](CO[C@@H]2O[C@H](CO)[C@@H](O)[C@H](O)[C@H]2O)[C@@H](O)[C@H](O)[C@H]1O[C@@H]1O[C@H](CO)[C@@H](O)[C@H](O)[C@H]1O. The Morgan fingerprint density at radius 1 is 0.549 bits per heavy atom. The van der Waals surface area contributed by atoms with E-state index in [2.05, 4.69) is 19.9 Å². The van der Waals surface area contributed by atoms with Crippen molar-refractivity contribution < 1.29 is 149 Å². The van der Waals surface area contributed by atoms with E-state index in [9.17, 15) is 97.0 Å². The van der Waals surface area contributed by atoms with Gasteiger partial charge in [0.25, 0.3) is 0 Å². The average molecular weight is 1320 g/mol. The average Bonchev–Trinajstić information content (AvgIpc) is 1.64. The molecule has 0 aromatic rings. The Balaban J connectivity index is 0.911. The van der Waals surface area contributed by atoms with E-state index in [-0.39, 0.29) is 36.9 Å². The molecule has 0 spiro atoms. The first-order valence-electron chi connectivity index (χ1n) is 32.0. The standard InChI is InChI=1S/C61H102O30/c1-9-57(4)24-10-12-32-58(5)16-14-31(60(7,81)17-15-34(56(2,3)80)89-53-48(78)44(74)39(69)29(87-53)22-82-51-46(76)41(71)36(66)26(19-62)84-51)59(58,6)18-33(65)61(32,8)25(24)11-13-35(57)90-55-50(91-54-49(79)43(73)38(68)28(21-64)86-54)45(75)40(70)30(88-55)23-83-52-47(77)42(72)37(67)27(20-63)85-52/h10,25-32,34-55,62-64,66-81H,9,11-23H2,1-8H3/t25-,26-,27-,28-,29-,30-,31+,32+,34-,35+,36-,37-,38-,39-,40-,41+,42+,43+,44+,45+,46-,47-,48-,49-,50-,51-,52-,53+,54+,55+,57+,58+,59-,60+,61+/m1/s1. The van der Waals surface area contributed by atoms with Gasteiger partial charge in [-0.05, 0) is 101 Å². The van der Waals surface area contributed by atoms with Crippen LogP contribution in [0.25, 0.3) is 0 Å². The molecule has 30 nitrogen and oxygen atoms in total. The highest BCUT2D eigenvalue weighted by atomic mass is 16.8. The zero-order valence-corrected chi connectivity index (χ0v) is 52.8. The molecular weight excluding hydrogens is 1210 g/mol. The number of rotatable bonds is 21. The molecule has 9 aliphatic rings. The lowest BCUT2D eigenvalue weighted by atomic mass is 9.38. The summed E-state index contributed by atoms with van der Waals surface area (Å²) in [5.41, 5.74) is -5.23. The number of aliphatic hydroxyl groups is 19. The van der Waals surface area contributed by atoms with Gasteiger partial charge in [-0.1, -0.05) is 46.3 Å². The number of allylic oxidation sites excluding steroid dienone is 1. The maximum atomic E-state index is 15.5. The Morgan fingerprint density at radius 3 is 1.49 bits per heavy atom. The highest BCUT2D eigenvalue weighted by Crippen LogP contribution is 2.74. The second kappa shape index (κ2) is 27.9. The van der Waals surface area contributed by atoms with Gasteiger partial charge in [-0.25, -0.2) is 0 Å². The van der Waals surface area contributed by atoms with Gasteiger partial charge in [-0.3, -0.25) is 4.79 Å². The molecule has 8 fully saturated rings. The monoisotopic (exact) mass is 1310 g/mol. The molecule has 0 aromatic heterocycles. The number of ketones is 1. The fourth-order valence-corrected chi connectivity index (χ4v) is 17.0. The number of hydrogen-bond donors (Lipinski definition) is 19. The minimum Gasteiger partial charge on any atom is -0.394 e. The third-order valence-corrected chi connectivity index (χ3v) is 23.2. The van der Waals surface area contributed by atoms with Gasteiger partial charge in [-0.15, -0.1) is 0 Å². The first-order valence-corrected chi connectivity index (χ1v) is 32.0. The first-order chi connectivity index (χ1) is 42.5. The van der Waals surface area contributed by atoms with Crippen molar-refractivity contribution in [3.8, 4) is 0 Å². The van der Waals surface area contributed by atoms with Crippen LogP contribution in [0, 0.1) is 39.4 Å². The first kappa shape index (κ1) is 73.5. The van der Waals surface area contributed by atoms with Gasteiger partial charge in [0.05, 0.1) is 56.4 Å². The Bertz CT molecular complexity index is 2460. The predicted octanol–water partition coefficient (Wildman–Crippen LogP) is -5.69. The smallest absolute Gasteiger partial charge is 0.187 e. The summed E-state index contributed by atoms with van der Waals surface area (Å²) >= 11 is 0. The molecule has 0 aromatic carbocycles. The summed E-state index contributed by atoms with van der Waals surface area (Å²) in [5.74, 6) is -0.952. The molecule has 91 heavy (non-hydrogen) atoms. The number of fused-ring (bicyclic) bond motifs is 5. The van der Waals surface area contributed by atoms with E-state index in [0.29, 0.717) is 38.5 Å². The molecule has 526 valence electrons. The summed E-state index contributed by atoms with van der Waals surface area (Å²) in [4.78, 5) is 15.5. The highest BCUT2D eigenvalue weighted by Gasteiger charge is 2.72. The molecule has 0 radical (unpaired) electrons. The lowest BCUT2D eigenvalue weighted by molar-refractivity contribution is -0.379. The van der Waals surface area contributed by atoms with E-state index >= 15 is 4.79 Å². The summed E-state index contributed by atoms with van der Waals surface area (Å²) in [6.45, 7) is 11.3. The number of Topliss-reactive ketones (excluding diaryl/α,β-unsaturated/α-hetero) is 1. The highest BCUT2D eigenvalue weighted by molar-refractivity contribution is 5.88. The van der Waals surface area contributed by atoms with Crippen molar-refractivity contribution in [1.29, 1.82) is 0 Å². The van der Waals surface area contributed by atoms with Crippen molar-refractivity contribution in [3.05, 3.63) is 11.6 Å². The zero-order valence-electron chi connectivity index (χ0n) is 52.8. The second-order valence-corrected chi connectivity index (χ2v) is 28.9. The Hall–Kier alpha value is -1.75. The molecule has 0 bridgehead atoms. The number of carbonyl (C=O) groups is 1.